The van der Waals surface area contributed by atoms with E-state index in [0.717, 1.165) is 24.1 Å². The van der Waals surface area contributed by atoms with Gasteiger partial charge >= 0.3 is 0 Å². The summed E-state index contributed by atoms with van der Waals surface area (Å²) in [5.74, 6) is 0.449. The van der Waals surface area contributed by atoms with Gasteiger partial charge in [0.05, 0.1) is 5.69 Å². The fraction of sp³-hybridized carbons (Fsp3) is 0.667. The van der Waals surface area contributed by atoms with Crippen molar-refractivity contribution in [3.63, 3.8) is 0 Å². The van der Waals surface area contributed by atoms with Crippen LogP contribution >= 0.6 is 0 Å². The summed E-state index contributed by atoms with van der Waals surface area (Å²) in [6.07, 6.45) is 5.92. The molecule has 1 fully saturated rings. The minimum Gasteiger partial charge on any atom is -0.392 e. The van der Waals surface area contributed by atoms with Crippen LogP contribution in [-0.2, 0) is 0 Å². The van der Waals surface area contributed by atoms with E-state index in [2.05, 4.69) is 11.4 Å². The molecule has 1 atom stereocenters. The van der Waals surface area contributed by atoms with Crippen LogP contribution in [0.25, 0.3) is 0 Å². The van der Waals surface area contributed by atoms with Crippen molar-refractivity contribution in [1.82, 2.24) is 10.0 Å². The molecule has 4 nitrogen and oxygen atoms in total. The van der Waals surface area contributed by atoms with Gasteiger partial charge in [-0.3, -0.25) is 10.1 Å². The van der Waals surface area contributed by atoms with Crippen molar-refractivity contribution in [2.24, 2.45) is 0 Å². The lowest BCUT2D eigenvalue weighted by molar-refractivity contribution is 0.0184. The topological polar surface area (TPSA) is 43.3 Å². The van der Waals surface area contributed by atoms with Crippen molar-refractivity contribution in [1.29, 1.82) is 0 Å². The fourth-order valence-electron chi connectivity index (χ4n) is 2.72. The van der Waals surface area contributed by atoms with Crippen LogP contribution in [0.4, 0.5) is 0 Å². The maximum absolute atomic E-state index is 12.2. The highest BCUT2D eigenvalue weighted by molar-refractivity contribution is 5.19. The van der Waals surface area contributed by atoms with Gasteiger partial charge in [-0.05, 0) is 45.4 Å². The first-order valence-corrected chi connectivity index (χ1v) is 7.20. The number of hydrogen-bond acceptors (Lipinski definition) is 3. The summed E-state index contributed by atoms with van der Waals surface area (Å²) in [5, 5.41) is 3.00. The van der Waals surface area contributed by atoms with E-state index in [1.165, 1.54) is 24.0 Å². The van der Waals surface area contributed by atoms with Crippen LogP contribution in [0.2, 0.25) is 0 Å². The highest BCUT2D eigenvalue weighted by Gasteiger charge is 2.21. The first kappa shape index (κ1) is 14.1. The molecule has 2 rings (SSSR count). The molecule has 106 valence electrons. The Labute approximate surface area is 114 Å². The monoisotopic (exact) mass is 264 g/mol. The molecule has 1 aromatic heterocycles. The smallest absolute Gasteiger partial charge is 0.283 e. The van der Waals surface area contributed by atoms with Gasteiger partial charge in [0.1, 0.15) is 0 Å². The number of hydrogen-bond donors (Lipinski definition) is 1. The molecule has 1 aliphatic carbocycles. The molecule has 1 unspecified atom stereocenters. The maximum Gasteiger partial charge on any atom is 0.283 e. The average molecular weight is 264 g/mol. The molecule has 1 aliphatic rings. The molecule has 19 heavy (non-hydrogen) atoms. The van der Waals surface area contributed by atoms with Crippen molar-refractivity contribution in [3.05, 3.63) is 33.7 Å². The highest BCUT2D eigenvalue weighted by atomic mass is 16.7. The van der Waals surface area contributed by atoms with Crippen molar-refractivity contribution >= 4 is 0 Å². The predicted molar refractivity (Wildman–Crippen MR) is 76.4 cm³/mol. The van der Waals surface area contributed by atoms with Crippen LogP contribution in [0.15, 0.2) is 16.9 Å². The summed E-state index contributed by atoms with van der Waals surface area (Å²) in [5.41, 5.74) is 1.98. The summed E-state index contributed by atoms with van der Waals surface area (Å²) in [7, 11) is 1.82. The quantitative estimate of drug-likeness (QED) is 0.848. The second-order valence-electron chi connectivity index (χ2n) is 5.46. The Kier molecular flexibility index (Phi) is 4.64. The van der Waals surface area contributed by atoms with E-state index in [4.69, 9.17) is 4.84 Å². The molecule has 0 saturated heterocycles. The third-order valence-electron chi connectivity index (χ3n) is 3.85. The first-order valence-electron chi connectivity index (χ1n) is 7.20. The lowest BCUT2D eigenvalue weighted by Crippen LogP contribution is -2.40. The Hall–Kier alpha value is -1.29. The molecule has 1 aromatic rings. The van der Waals surface area contributed by atoms with Crippen LogP contribution < -0.4 is 15.7 Å². The molecule has 1 saturated carbocycles. The number of nitrogens with one attached hydrogen (secondary N) is 1. The van der Waals surface area contributed by atoms with Crippen LogP contribution in [0.1, 0.15) is 56.2 Å². The lowest BCUT2D eigenvalue weighted by Gasteiger charge is -2.26. The number of aryl methyl sites for hydroxylation is 1. The van der Waals surface area contributed by atoms with Gasteiger partial charge in [-0.1, -0.05) is 19.3 Å². The molecule has 0 spiro atoms. The largest absolute Gasteiger partial charge is 0.392 e. The molecule has 0 aliphatic heterocycles. The van der Waals surface area contributed by atoms with Gasteiger partial charge in [0.2, 0.25) is 0 Å². The Morgan fingerprint density at radius 1 is 1.32 bits per heavy atom. The van der Waals surface area contributed by atoms with Gasteiger partial charge in [-0.2, -0.15) is 0 Å². The minimum atomic E-state index is -0.178. The van der Waals surface area contributed by atoms with Gasteiger partial charge in [0.25, 0.3) is 5.56 Å². The summed E-state index contributed by atoms with van der Waals surface area (Å²) < 4.78 is 1.49. The Morgan fingerprint density at radius 2 is 2.00 bits per heavy atom. The van der Waals surface area contributed by atoms with Gasteiger partial charge in [0.15, 0.2) is 6.23 Å². The third-order valence-corrected chi connectivity index (χ3v) is 3.85. The number of pyridine rings is 1. The molecule has 0 radical (unpaired) electrons. The Balaban J connectivity index is 2.35. The standard InChI is InChI=1S/C15H24N2O2/c1-11-9-14(13-7-5-4-6-8-13)17(15(18)10-11)19-12(2)16-3/h9-10,12-13,16H,4-8H2,1-3H3. The summed E-state index contributed by atoms with van der Waals surface area (Å²) >= 11 is 0. The van der Waals surface area contributed by atoms with Crippen molar-refractivity contribution < 1.29 is 4.84 Å². The predicted octanol–water partition coefficient (Wildman–Crippen LogP) is 2.20. The molecule has 0 aromatic carbocycles. The van der Waals surface area contributed by atoms with E-state index in [9.17, 15) is 4.79 Å². The molecular formula is C15H24N2O2. The Bertz CT molecular complexity index is 476. The molecule has 1 N–H and O–H groups in total. The average Bonchev–Trinajstić information content (AvgIpc) is 2.42. The van der Waals surface area contributed by atoms with E-state index in [1.54, 1.807) is 6.07 Å². The van der Waals surface area contributed by atoms with Crippen LogP contribution in [0.5, 0.6) is 0 Å². The number of aromatic nitrogens is 1. The zero-order chi connectivity index (χ0) is 13.8. The van der Waals surface area contributed by atoms with E-state index >= 15 is 0 Å². The van der Waals surface area contributed by atoms with Crippen LogP contribution in [-0.4, -0.2) is 18.0 Å². The van der Waals surface area contributed by atoms with E-state index in [0.29, 0.717) is 5.92 Å². The third kappa shape index (κ3) is 3.38. The van der Waals surface area contributed by atoms with Crippen molar-refractivity contribution in [3.8, 4) is 0 Å². The Morgan fingerprint density at radius 3 is 2.63 bits per heavy atom. The van der Waals surface area contributed by atoms with Crippen LogP contribution in [0.3, 0.4) is 0 Å². The number of rotatable bonds is 4. The van der Waals surface area contributed by atoms with Crippen LogP contribution in [0, 0.1) is 6.92 Å². The van der Waals surface area contributed by atoms with Crippen molar-refractivity contribution in [2.75, 3.05) is 7.05 Å². The summed E-state index contributed by atoms with van der Waals surface area (Å²) in [6.45, 7) is 3.87. The SMILES string of the molecule is CNC(C)On1c(C2CCCCC2)cc(C)cc1=O. The fourth-order valence-corrected chi connectivity index (χ4v) is 2.72. The normalized spacial score (nSPS) is 18.3. The first-order chi connectivity index (χ1) is 9.11. The highest BCUT2D eigenvalue weighted by Crippen LogP contribution is 2.32. The second kappa shape index (κ2) is 6.24. The van der Waals surface area contributed by atoms with E-state index in [1.807, 2.05) is 20.9 Å². The summed E-state index contributed by atoms with van der Waals surface area (Å²) in [4.78, 5) is 17.9. The van der Waals surface area contributed by atoms with Crippen molar-refractivity contribution in [2.45, 2.75) is 58.1 Å². The van der Waals surface area contributed by atoms with E-state index < -0.39 is 0 Å². The van der Waals surface area contributed by atoms with Gasteiger partial charge < -0.3 is 4.84 Å². The molecule has 1 heterocycles. The van der Waals surface area contributed by atoms with E-state index in [-0.39, 0.29) is 11.8 Å². The molecule has 0 bridgehead atoms. The van der Waals surface area contributed by atoms with Gasteiger partial charge in [-0.15, -0.1) is 4.73 Å². The second-order valence-corrected chi connectivity index (χ2v) is 5.46. The minimum absolute atomic E-state index is 0.0670. The number of nitrogens with zero attached hydrogens (tertiary/aromatic N) is 1. The summed E-state index contributed by atoms with van der Waals surface area (Å²) in [6, 6.07) is 3.73. The zero-order valence-corrected chi connectivity index (χ0v) is 12.1. The molecule has 0 amide bonds. The van der Waals surface area contributed by atoms with Gasteiger partial charge in [0, 0.05) is 12.0 Å². The molecular weight excluding hydrogens is 240 g/mol. The zero-order valence-electron chi connectivity index (χ0n) is 12.1. The lowest BCUT2D eigenvalue weighted by atomic mass is 9.86. The van der Waals surface area contributed by atoms with Gasteiger partial charge in [-0.25, -0.2) is 0 Å². The molecule has 4 heteroatoms. The maximum atomic E-state index is 12.2.